The van der Waals surface area contributed by atoms with Gasteiger partial charge in [-0.15, -0.1) is 0 Å². The van der Waals surface area contributed by atoms with E-state index in [1.165, 1.54) is 7.11 Å². The standard InChI is InChI=1S/C8H10O3/c1-11-8(10)6-3-7(9)5-2-4(5)6/h4-6H,2-3H2,1H3. The quantitative estimate of drug-likeness (QED) is 0.513. The number of Topliss-reactive ketones (excluding diaryl/α,β-unsaturated/α-hetero) is 1. The number of ether oxygens (including phenoxy) is 1. The average molecular weight is 154 g/mol. The average Bonchev–Trinajstić information content (AvgIpc) is 2.72. The summed E-state index contributed by atoms with van der Waals surface area (Å²) in [6.07, 6.45) is 1.33. The fourth-order valence-electron chi connectivity index (χ4n) is 1.96. The molecule has 2 rings (SSSR count). The molecule has 60 valence electrons. The Bertz CT molecular complexity index is 221. The summed E-state index contributed by atoms with van der Waals surface area (Å²) in [6.45, 7) is 0. The first-order valence-electron chi connectivity index (χ1n) is 3.84. The first-order valence-corrected chi connectivity index (χ1v) is 3.84. The minimum absolute atomic E-state index is 0.113. The van der Waals surface area contributed by atoms with Gasteiger partial charge in [0.2, 0.25) is 0 Å². The highest BCUT2D eigenvalue weighted by Crippen LogP contribution is 2.53. The van der Waals surface area contributed by atoms with Gasteiger partial charge in [-0.05, 0) is 12.3 Å². The highest BCUT2D eigenvalue weighted by atomic mass is 16.5. The molecule has 11 heavy (non-hydrogen) atoms. The Balaban J connectivity index is 2.07. The lowest BCUT2D eigenvalue weighted by atomic mass is 10.0. The molecule has 2 aliphatic rings. The number of hydrogen-bond acceptors (Lipinski definition) is 3. The van der Waals surface area contributed by atoms with E-state index >= 15 is 0 Å². The lowest BCUT2D eigenvalue weighted by Crippen LogP contribution is -2.16. The van der Waals surface area contributed by atoms with Crippen LogP contribution in [-0.2, 0) is 14.3 Å². The summed E-state index contributed by atoms with van der Waals surface area (Å²) in [7, 11) is 1.38. The fourth-order valence-corrected chi connectivity index (χ4v) is 1.96. The highest BCUT2D eigenvalue weighted by Gasteiger charge is 2.56. The molecule has 0 aromatic carbocycles. The summed E-state index contributed by atoms with van der Waals surface area (Å²) in [5.74, 6) is 0.472. The smallest absolute Gasteiger partial charge is 0.309 e. The zero-order chi connectivity index (χ0) is 8.01. The number of fused-ring (bicyclic) bond motifs is 1. The Labute approximate surface area is 64.7 Å². The van der Waals surface area contributed by atoms with E-state index in [0.29, 0.717) is 12.3 Å². The van der Waals surface area contributed by atoms with Crippen molar-refractivity contribution in [1.29, 1.82) is 0 Å². The molecule has 0 amide bonds. The summed E-state index contributed by atoms with van der Waals surface area (Å²) in [4.78, 5) is 22.1. The van der Waals surface area contributed by atoms with E-state index in [1.807, 2.05) is 0 Å². The Morgan fingerprint density at radius 2 is 2.36 bits per heavy atom. The summed E-state index contributed by atoms with van der Waals surface area (Å²) in [5, 5.41) is 0. The number of carbonyl (C=O) groups excluding carboxylic acids is 2. The third-order valence-corrected chi connectivity index (χ3v) is 2.70. The molecular formula is C8H10O3. The van der Waals surface area contributed by atoms with Crippen molar-refractivity contribution >= 4 is 11.8 Å². The third kappa shape index (κ3) is 0.870. The van der Waals surface area contributed by atoms with Crippen LogP contribution in [0.15, 0.2) is 0 Å². The molecule has 0 bridgehead atoms. The molecule has 3 atom stereocenters. The number of carbonyl (C=O) groups is 2. The Morgan fingerprint density at radius 1 is 1.64 bits per heavy atom. The van der Waals surface area contributed by atoms with Crippen LogP contribution in [0.2, 0.25) is 0 Å². The summed E-state index contributed by atoms with van der Waals surface area (Å²) >= 11 is 0. The van der Waals surface area contributed by atoms with Crippen LogP contribution in [0, 0.1) is 17.8 Å². The lowest BCUT2D eigenvalue weighted by molar-refractivity contribution is -0.146. The van der Waals surface area contributed by atoms with Crippen LogP contribution >= 0.6 is 0 Å². The van der Waals surface area contributed by atoms with Gasteiger partial charge in [0, 0.05) is 12.3 Å². The molecule has 0 aliphatic heterocycles. The molecule has 0 saturated heterocycles. The first kappa shape index (κ1) is 6.83. The Kier molecular flexibility index (Phi) is 1.28. The van der Waals surface area contributed by atoms with Crippen LogP contribution in [-0.4, -0.2) is 18.9 Å². The topological polar surface area (TPSA) is 43.4 Å². The van der Waals surface area contributed by atoms with E-state index in [1.54, 1.807) is 0 Å². The second-order valence-electron chi connectivity index (χ2n) is 3.31. The van der Waals surface area contributed by atoms with Crippen molar-refractivity contribution in [3.63, 3.8) is 0 Å². The largest absolute Gasteiger partial charge is 0.469 e. The van der Waals surface area contributed by atoms with Crippen molar-refractivity contribution in [2.45, 2.75) is 12.8 Å². The molecule has 2 saturated carbocycles. The number of esters is 1. The van der Waals surface area contributed by atoms with E-state index in [4.69, 9.17) is 0 Å². The molecule has 3 unspecified atom stereocenters. The second kappa shape index (κ2) is 2.06. The van der Waals surface area contributed by atoms with E-state index in [0.717, 1.165) is 6.42 Å². The van der Waals surface area contributed by atoms with Crippen LogP contribution in [0.25, 0.3) is 0 Å². The summed E-state index contributed by atoms with van der Waals surface area (Å²) in [5.41, 5.74) is 0. The molecule has 3 nitrogen and oxygen atoms in total. The predicted molar refractivity (Wildman–Crippen MR) is 36.7 cm³/mol. The van der Waals surface area contributed by atoms with Gasteiger partial charge in [0.25, 0.3) is 0 Å². The van der Waals surface area contributed by atoms with Gasteiger partial charge in [-0.1, -0.05) is 0 Å². The molecule has 0 N–H and O–H groups in total. The zero-order valence-electron chi connectivity index (χ0n) is 6.37. The van der Waals surface area contributed by atoms with Gasteiger partial charge in [0.15, 0.2) is 0 Å². The number of rotatable bonds is 1. The fraction of sp³-hybridized carbons (Fsp3) is 0.750. The van der Waals surface area contributed by atoms with Crippen LogP contribution in [0.1, 0.15) is 12.8 Å². The maximum Gasteiger partial charge on any atom is 0.309 e. The Hall–Kier alpha value is -0.860. The number of ketones is 1. The van der Waals surface area contributed by atoms with Crippen LogP contribution < -0.4 is 0 Å². The van der Waals surface area contributed by atoms with Crippen molar-refractivity contribution in [3.8, 4) is 0 Å². The van der Waals surface area contributed by atoms with Crippen LogP contribution in [0.5, 0.6) is 0 Å². The van der Waals surface area contributed by atoms with Crippen LogP contribution in [0.4, 0.5) is 0 Å². The van der Waals surface area contributed by atoms with Gasteiger partial charge in [-0.3, -0.25) is 9.59 Å². The molecule has 0 aromatic rings. The molecule has 0 heterocycles. The van der Waals surface area contributed by atoms with Crippen molar-refractivity contribution in [2.24, 2.45) is 17.8 Å². The number of hydrogen-bond donors (Lipinski definition) is 0. The maximum atomic E-state index is 11.0. The minimum Gasteiger partial charge on any atom is -0.469 e. The SMILES string of the molecule is COC(=O)C1CC(=O)C2CC21. The van der Waals surface area contributed by atoms with Gasteiger partial charge < -0.3 is 4.74 Å². The van der Waals surface area contributed by atoms with Gasteiger partial charge in [-0.25, -0.2) is 0 Å². The van der Waals surface area contributed by atoms with E-state index < -0.39 is 0 Å². The van der Waals surface area contributed by atoms with Crippen LogP contribution in [0.3, 0.4) is 0 Å². The third-order valence-electron chi connectivity index (χ3n) is 2.70. The number of methoxy groups -OCH3 is 1. The zero-order valence-corrected chi connectivity index (χ0v) is 6.37. The molecule has 0 radical (unpaired) electrons. The monoisotopic (exact) mass is 154 g/mol. The Morgan fingerprint density at radius 3 is 2.73 bits per heavy atom. The van der Waals surface area contributed by atoms with Gasteiger partial charge in [0.1, 0.15) is 5.78 Å². The molecular weight excluding hydrogens is 144 g/mol. The van der Waals surface area contributed by atoms with Crippen molar-refractivity contribution in [2.75, 3.05) is 7.11 Å². The molecule has 2 fully saturated rings. The lowest BCUT2D eigenvalue weighted by Gasteiger charge is -2.06. The van der Waals surface area contributed by atoms with Gasteiger partial charge >= 0.3 is 5.97 Å². The first-order chi connectivity index (χ1) is 5.24. The second-order valence-corrected chi connectivity index (χ2v) is 3.31. The molecule has 0 aromatic heterocycles. The maximum absolute atomic E-state index is 11.0. The van der Waals surface area contributed by atoms with Crippen molar-refractivity contribution < 1.29 is 14.3 Å². The van der Waals surface area contributed by atoms with Gasteiger partial charge in [0.05, 0.1) is 13.0 Å². The van der Waals surface area contributed by atoms with E-state index in [-0.39, 0.29) is 23.6 Å². The normalized spacial score (nSPS) is 40.1. The highest BCUT2D eigenvalue weighted by molar-refractivity contribution is 5.93. The molecule has 2 aliphatic carbocycles. The minimum atomic E-state index is -0.205. The predicted octanol–water partition coefficient (Wildman–Crippen LogP) is 0.384. The van der Waals surface area contributed by atoms with Gasteiger partial charge in [-0.2, -0.15) is 0 Å². The van der Waals surface area contributed by atoms with Crippen molar-refractivity contribution in [1.82, 2.24) is 0 Å². The molecule has 0 spiro atoms. The van der Waals surface area contributed by atoms with E-state index in [2.05, 4.69) is 4.74 Å². The van der Waals surface area contributed by atoms with E-state index in [9.17, 15) is 9.59 Å². The summed E-state index contributed by atoms with van der Waals surface area (Å²) < 4.78 is 4.59. The summed E-state index contributed by atoms with van der Waals surface area (Å²) in [6, 6.07) is 0. The molecule has 3 heteroatoms. The van der Waals surface area contributed by atoms with Crippen molar-refractivity contribution in [3.05, 3.63) is 0 Å².